The molecule has 3 rings (SSSR count). The lowest BCUT2D eigenvalue weighted by atomic mass is 9.88. The highest BCUT2D eigenvalue weighted by Crippen LogP contribution is 2.32. The van der Waals surface area contributed by atoms with E-state index in [9.17, 15) is 14.0 Å². The minimum Gasteiger partial charge on any atom is -0.288 e. The van der Waals surface area contributed by atoms with Crippen molar-refractivity contribution in [3.8, 4) is 0 Å². The zero-order valence-electron chi connectivity index (χ0n) is 11.1. The van der Waals surface area contributed by atoms with Crippen molar-refractivity contribution in [2.24, 2.45) is 0 Å². The minimum absolute atomic E-state index is 0.0529. The zero-order valence-corrected chi connectivity index (χ0v) is 11.9. The first-order chi connectivity index (χ1) is 9.99. The van der Waals surface area contributed by atoms with Crippen LogP contribution in [0, 0.1) is 5.82 Å². The van der Waals surface area contributed by atoms with E-state index in [0.29, 0.717) is 22.3 Å². The molecule has 0 spiro atoms. The third-order valence-corrected chi connectivity index (χ3v) is 4.01. The van der Waals surface area contributed by atoms with Crippen LogP contribution in [0.2, 0.25) is 5.02 Å². The average Bonchev–Trinajstić information content (AvgIpc) is 2.76. The highest BCUT2D eigenvalue weighted by atomic mass is 35.5. The van der Waals surface area contributed by atoms with Crippen LogP contribution in [0.4, 0.5) is 4.39 Å². The molecule has 5 heteroatoms. The Hall–Kier alpha value is -2.20. The molecule has 1 unspecified atom stereocenters. The summed E-state index contributed by atoms with van der Waals surface area (Å²) in [5.41, 5.74) is 2.11. The van der Waals surface area contributed by atoms with Crippen LogP contribution in [0.25, 0.3) is 0 Å². The van der Waals surface area contributed by atoms with Crippen LogP contribution in [0.15, 0.2) is 36.4 Å². The Bertz CT molecular complexity index is 773. The van der Waals surface area contributed by atoms with Gasteiger partial charge >= 0.3 is 0 Å². The molecule has 1 aliphatic heterocycles. The van der Waals surface area contributed by atoms with Gasteiger partial charge in [-0.25, -0.2) is 4.39 Å². The Balaban J connectivity index is 2.11. The number of fused-ring (bicyclic) bond motifs is 1. The van der Waals surface area contributed by atoms with E-state index >= 15 is 0 Å². The minimum atomic E-state index is -0.505. The van der Waals surface area contributed by atoms with Crippen molar-refractivity contribution in [3.63, 3.8) is 0 Å². The molecule has 1 N–H and O–H groups in total. The van der Waals surface area contributed by atoms with Crippen LogP contribution in [0.3, 0.4) is 0 Å². The molecule has 3 nitrogen and oxygen atoms in total. The number of halogens is 2. The van der Waals surface area contributed by atoms with Crippen molar-refractivity contribution >= 4 is 23.4 Å². The third kappa shape index (κ3) is 2.21. The van der Waals surface area contributed by atoms with Crippen molar-refractivity contribution < 1.29 is 14.0 Å². The van der Waals surface area contributed by atoms with Gasteiger partial charge in [0.15, 0.2) is 0 Å². The molecule has 2 amide bonds. The molecule has 1 aliphatic rings. The van der Waals surface area contributed by atoms with E-state index in [1.54, 1.807) is 24.3 Å². The maximum absolute atomic E-state index is 13.6. The summed E-state index contributed by atoms with van der Waals surface area (Å²) in [4.78, 5) is 23.6. The molecule has 0 saturated heterocycles. The number of benzene rings is 2. The molecule has 106 valence electrons. The Kier molecular flexibility index (Phi) is 3.26. The molecule has 2 aromatic rings. The molecular formula is C16H11ClFNO2. The average molecular weight is 304 g/mol. The molecule has 0 bridgehead atoms. The van der Waals surface area contributed by atoms with E-state index in [-0.39, 0.29) is 10.9 Å². The predicted octanol–water partition coefficient (Wildman–Crippen LogP) is 3.51. The Morgan fingerprint density at radius 2 is 1.90 bits per heavy atom. The molecule has 0 aliphatic carbocycles. The van der Waals surface area contributed by atoms with Gasteiger partial charge in [0.2, 0.25) is 0 Å². The molecule has 0 radical (unpaired) electrons. The number of hydrogen-bond acceptors (Lipinski definition) is 2. The van der Waals surface area contributed by atoms with Crippen molar-refractivity contribution in [1.29, 1.82) is 0 Å². The number of rotatable bonds is 2. The van der Waals surface area contributed by atoms with Crippen LogP contribution < -0.4 is 5.32 Å². The van der Waals surface area contributed by atoms with Gasteiger partial charge in [0.1, 0.15) is 5.82 Å². The fourth-order valence-corrected chi connectivity index (χ4v) is 2.69. The van der Waals surface area contributed by atoms with E-state index in [1.165, 1.54) is 12.1 Å². The molecule has 1 heterocycles. The third-order valence-electron chi connectivity index (χ3n) is 3.71. The number of carbonyl (C=O) groups is 2. The van der Waals surface area contributed by atoms with Gasteiger partial charge < -0.3 is 0 Å². The van der Waals surface area contributed by atoms with Crippen molar-refractivity contribution in [3.05, 3.63) is 69.5 Å². The largest absolute Gasteiger partial charge is 0.288 e. The molecule has 0 aromatic heterocycles. The number of carbonyl (C=O) groups excluding carboxylic acids is 2. The summed E-state index contributed by atoms with van der Waals surface area (Å²) < 4.78 is 13.6. The first-order valence-electron chi connectivity index (χ1n) is 6.42. The molecule has 0 saturated carbocycles. The normalized spacial score (nSPS) is 14.8. The molecule has 1 atom stereocenters. The molecular weight excluding hydrogens is 293 g/mol. The summed E-state index contributed by atoms with van der Waals surface area (Å²) in [6.07, 6.45) is 0. The van der Waals surface area contributed by atoms with Crippen LogP contribution >= 0.6 is 11.6 Å². The van der Waals surface area contributed by atoms with Crippen LogP contribution in [0.5, 0.6) is 0 Å². The van der Waals surface area contributed by atoms with E-state index in [1.807, 2.05) is 6.92 Å². The highest BCUT2D eigenvalue weighted by molar-refractivity contribution is 6.30. The lowest BCUT2D eigenvalue weighted by molar-refractivity contribution is 0.0879. The number of hydrogen-bond donors (Lipinski definition) is 1. The summed E-state index contributed by atoms with van der Waals surface area (Å²) in [5, 5.41) is 2.33. The summed E-state index contributed by atoms with van der Waals surface area (Å²) in [7, 11) is 0. The smallest absolute Gasteiger partial charge is 0.259 e. The fraction of sp³-hybridized carbons (Fsp3) is 0.125. The second-order valence-corrected chi connectivity index (χ2v) is 5.36. The number of amides is 2. The lowest BCUT2D eigenvalue weighted by Crippen LogP contribution is -2.20. The fourth-order valence-electron chi connectivity index (χ4n) is 2.57. The van der Waals surface area contributed by atoms with E-state index in [2.05, 4.69) is 5.32 Å². The Labute approximate surface area is 125 Å². The second-order valence-electron chi connectivity index (χ2n) is 4.95. The lowest BCUT2D eigenvalue weighted by Gasteiger charge is -2.15. The highest BCUT2D eigenvalue weighted by Gasteiger charge is 2.30. The maximum atomic E-state index is 13.6. The van der Waals surface area contributed by atoms with Crippen LogP contribution in [-0.4, -0.2) is 11.8 Å². The summed E-state index contributed by atoms with van der Waals surface area (Å²) >= 11 is 5.68. The predicted molar refractivity (Wildman–Crippen MR) is 77.2 cm³/mol. The second kappa shape index (κ2) is 4.97. The van der Waals surface area contributed by atoms with Crippen LogP contribution in [-0.2, 0) is 0 Å². The topological polar surface area (TPSA) is 46.2 Å². The maximum Gasteiger partial charge on any atom is 0.259 e. The van der Waals surface area contributed by atoms with Gasteiger partial charge in [-0.2, -0.15) is 0 Å². The quantitative estimate of drug-likeness (QED) is 0.863. The van der Waals surface area contributed by atoms with Gasteiger partial charge in [0, 0.05) is 5.92 Å². The number of imide groups is 1. The molecule has 0 fully saturated rings. The number of nitrogens with one attached hydrogen (secondary N) is 1. The molecule has 21 heavy (non-hydrogen) atoms. The van der Waals surface area contributed by atoms with E-state index in [0.717, 1.165) is 0 Å². The first kappa shape index (κ1) is 13.8. The Morgan fingerprint density at radius 1 is 1.14 bits per heavy atom. The first-order valence-corrected chi connectivity index (χ1v) is 6.80. The monoisotopic (exact) mass is 303 g/mol. The molecule has 2 aromatic carbocycles. The standard InChI is InChI=1S/C16H11ClFNO2/c1-8(9-5-6-12(17)13(18)7-9)10-3-2-4-11-14(10)16(21)19-15(11)20/h2-8H,1H3,(H,19,20,21). The van der Waals surface area contributed by atoms with E-state index < -0.39 is 17.6 Å². The van der Waals surface area contributed by atoms with Gasteiger partial charge in [0.05, 0.1) is 16.1 Å². The van der Waals surface area contributed by atoms with Gasteiger partial charge in [-0.3, -0.25) is 14.9 Å². The SMILES string of the molecule is CC(c1ccc(Cl)c(F)c1)c1cccc2c1C(=O)NC2=O. The van der Waals surface area contributed by atoms with Crippen LogP contribution in [0.1, 0.15) is 44.7 Å². The van der Waals surface area contributed by atoms with Crippen molar-refractivity contribution in [2.75, 3.05) is 0 Å². The van der Waals surface area contributed by atoms with Gasteiger partial charge in [-0.1, -0.05) is 36.7 Å². The Morgan fingerprint density at radius 3 is 2.62 bits per heavy atom. The van der Waals surface area contributed by atoms with Crippen molar-refractivity contribution in [1.82, 2.24) is 5.32 Å². The summed E-state index contributed by atoms with van der Waals surface area (Å²) in [5.74, 6) is -1.55. The summed E-state index contributed by atoms with van der Waals surface area (Å²) in [6, 6.07) is 9.64. The zero-order chi connectivity index (χ0) is 15.1. The van der Waals surface area contributed by atoms with E-state index in [4.69, 9.17) is 11.6 Å². The summed E-state index contributed by atoms with van der Waals surface area (Å²) in [6.45, 7) is 1.86. The van der Waals surface area contributed by atoms with Gasteiger partial charge in [-0.05, 0) is 29.3 Å². The van der Waals surface area contributed by atoms with Crippen molar-refractivity contribution in [2.45, 2.75) is 12.8 Å². The van der Waals surface area contributed by atoms with Gasteiger partial charge in [0.25, 0.3) is 11.8 Å². The van der Waals surface area contributed by atoms with Gasteiger partial charge in [-0.15, -0.1) is 0 Å².